The molecular weight excluding hydrogens is 381 g/mol. The molecule has 0 saturated carbocycles. The van der Waals surface area contributed by atoms with E-state index in [1.54, 1.807) is 13.8 Å². The summed E-state index contributed by atoms with van der Waals surface area (Å²) in [6.45, 7) is 3.34. The summed E-state index contributed by atoms with van der Waals surface area (Å²) in [6.07, 6.45) is -0.130. The van der Waals surface area contributed by atoms with E-state index < -0.39 is 44.2 Å². The fourth-order valence-electron chi connectivity index (χ4n) is 2.94. The molecule has 0 aliphatic carbocycles. The molecule has 4 atom stereocenters. The van der Waals surface area contributed by atoms with Crippen LogP contribution < -0.4 is 0 Å². The third-order valence-electron chi connectivity index (χ3n) is 4.49. The normalized spacial score (nSPS) is 30.0. The average Bonchev–Trinajstić information content (AvgIpc) is 2.80. The van der Waals surface area contributed by atoms with Crippen molar-refractivity contribution in [3.63, 3.8) is 0 Å². The van der Waals surface area contributed by atoms with Crippen molar-refractivity contribution in [1.82, 2.24) is 4.90 Å². The monoisotopic (exact) mass is 407 g/mol. The lowest BCUT2D eigenvalue weighted by Crippen LogP contribution is -2.47. The molecule has 1 amide bonds. The highest BCUT2D eigenvalue weighted by Crippen LogP contribution is 2.46. The zero-order valence-electron chi connectivity index (χ0n) is 15.6. The summed E-state index contributed by atoms with van der Waals surface area (Å²) in [4.78, 5) is 34.4. The van der Waals surface area contributed by atoms with E-state index in [9.17, 15) is 24.2 Å². The number of phosphoric ester groups is 1. The van der Waals surface area contributed by atoms with Crippen molar-refractivity contribution >= 4 is 19.5 Å². The van der Waals surface area contributed by atoms with Gasteiger partial charge in [-0.15, -0.1) is 0 Å². The number of ketones is 1. The lowest BCUT2D eigenvalue weighted by atomic mass is 9.84. The molecule has 0 aromatic rings. The highest BCUT2D eigenvalue weighted by molar-refractivity contribution is 7.47. The molecule has 2 aliphatic heterocycles. The van der Waals surface area contributed by atoms with E-state index in [-0.39, 0.29) is 18.8 Å². The van der Waals surface area contributed by atoms with Gasteiger partial charge in [-0.05, 0) is 12.5 Å². The Hall–Kier alpha value is -1.13. The second-order valence-corrected chi connectivity index (χ2v) is 8.45. The Kier molecular flexibility index (Phi) is 7.32. The second kappa shape index (κ2) is 8.91. The minimum atomic E-state index is -4.31. The Morgan fingerprint density at radius 2 is 2.04 bits per heavy atom. The van der Waals surface area contributed by atoms with Crippen molar-refractivity contribution in [2.24, 2.45) is 5.41 Å². The summed E-state index contributed by atoms with van der Waals surface area (Å²) in [6, 6.07) is 0. The predicted molar refractivity (Wildman–Crippen MR) is 92.3 cm³/mol. The maximum absolute atomic E-state index is 12.1. The van der Waals surface area contributed by atoms with Crippen LogP contribution in [0.5, 0.6) is 0 Å². The van der Waals surface area contributed by atoms with Crippen LogP contribution in [0.1, 0.15) is 26.7 Å². The van der Waals surface area contributed by atoms with E-state index in [0.717, 1.165) is 0 Å². The minimum absolute atomic E-state index is 0.0229. The Labute approximate surface area is 157 Å². The number of allylic oxidation sites excluding steroid dienone is 1. The van der Waals surface area contributed by atoms with Gasteiger partial charge in [0.25, 0.3) is 0 Å². The molecule has 0 aromatic carbocycles. The molecule has 0 radical (unpaired) electrons. The summed E-state index contributed by atoms with van der Waals surface area (Å²) >= 11 is 0. The van der Waals surface area contributed by atoms with Crippen LogP contribution in [0.2, 0.25) is 0 Å². The number of rotatable bonds is 9. The highest BCUT2D eigenvalue weighted by atomic mass is 31.2. The van der Waals surface area contributed by atoms with Gasteiger partial charge in [0, 0.05) is 25.3 Å². The number of hydrogen-bond donors (Lipinski definition) is 2. The van der Waals surface area contributed by atoms with Crippen molar-refractivity contribution < 1.29 is 42.7 Å². The fourth-order valence-corrected chi connectivity index (χ4v) is 3.71. The van der Waals surface area contributed by atoms with Crippen molar-refractivity contribution in [1.29, 1.82) is 0 Å². The zero-order valence-corrected chi connectivity index (χ0v) is 16.5. The number of methoxy groups -OCH3 is 1. The Morgan fingerprint density at radius 1 is 1.33 bits per heavy atom. The number of hydrogen-bond acceptors (Lipinski definition) is 8. The van der Waals surface area contributed by atoms with Gasteiger partial charge in [-0.25, -0.2) is 4.57 Å². The third kappa shape index (κ3) is 5.45. The molecule has 2 aliphatic rings. The first-order valence-electron chi connectivity index (χ1n) is 8.55. The standard InChI is InChI=1S/C16H26NO9P/c1-16(2)14(20)12(10-25-27(21,22)24-8-4-7-23-3)26-15(16)17-6-5-11(18)9-13(17)19/h5-6,12,14-15,20H,4,7-10H2,1-3H3,(H,21,22)/t12-,14-,15-/m1/s1. The number of ether oxygens (including phenoxy) is 2. The molecule has 2 rings (SSSR count). The fraction of sp³-hybridized carbons (Fsp3) is 0.750. The van der Waals surface area contributed by atoms with Crippen LogP contribution in [-0.2, 0) is 32.7 Å². The molecule has 1 unspecified atom stereocenters. The predicted octanol–water partition coefficient (Wildman–Crippen LogP) is 0.584. The van der Waals surface area contributed by atoms with Gasteiger partial charge in [0.15, 0.2) is 5.78 Å². The first kappa shape index (κ1) is 22.2. The second-order valence-electron chi connectivity index (χ2n) is 7.00. The van der Waals surface area contributed by atoms with E-state index in [1.165, 1.54) is 24.3 Å². The maximum Gasteiger partial charge on any atom is 0.472 e. The van der Waals surface area contributed by atoms with Crippen molar-refractivity contribution in [2.75, 3.05) is 26.9 Å². The summed E-state index contributed by atoms with van der Waals surface area (Å²) in [7, 11) is -2.81. The number of aliphatic hydroxyl groups is 1. The Morgan fingerprint density at radius 3 is 2.67 bits per heavy atom. The van der Waals surface area contributed by atoms with Crippen LogP contribution in [0.3, 0.4) is 0 Å². The van der Waals surface area contributed by atoms with E-state index in [0.29, 0.717) is 13.0 Å². The van der Waals surface area contributed by atoms with Gasteiger partial charge in [0.2, 0.25) is 5.91 Å². The summed E-state index contributed by atoms with van der Waals surface area (Å²) in [5.41, 5.74) is -0.896. The van der Waals surface area contributed by atoms with Gasteiger partial charge in [-0.1, -0.05) is 13.8 Å². The number of carbonyl (C=O) groups is 2. The number of amides is 1. The molecule has 0 aromatic heterocycles. The van der Waals surface area contributed by atoms with Crippen LogP contribution in [0.25, 0.3) is 0 Å². The molecule has 0 spiro atoms. The van der Waals surface area contributed by atoms with Crippen LogP contribution >= 0.6 is 7.82 Å². The molecule has 154 valence electrons. The smallest absolute Gasteiger partial charge is 0.390 e. The van der Waals surface area contributed by atoms with Crippen LogP contribution in [0.4, 0.5) is 0 Å². The van der Waals surface area contributed by atoms with Gasteiger partial charge in [-0.3, -0.25) is 23.5 Å². The van der Waals surface area contributed by atoms with E-state index in [4.69, 9.17) is 18.5 Å². The first-order valence-corrected chi connectivity index (χ1v) is 10.0. The SMILES string of the molecule is COCCCOP(=O)(O)OC[C@H]1O[C@@H](N2C=CC(=O)CC2=O)C(C)(C)[C@@H]1O. The quantitative estimate of drug-likeness (QED) is 0.320. The lowest BCUT2D eigenvalue weighted by molar-refractivity contribution is -0.148. The molecule has 1 fully saturated rings. The zero-order chi connectivity index (χ0) is 20.2. The van der Waals surface area contributed by atoms with Crippen molar-refractivity contribution in [2.45, 2.75) is 45.1 Å². The van der Waals surface area contributed by atoms with Crippen LogP contribution in [0, 0.1) is 5.41 Å². The third-order valence-corrected chi connectivity index (χ3v) is 5.48. The summed E-state index contributed by atoms with van der Waals surface area (Å²) in [5, 5.41) is 10.5. The Balaban J connectivity index is 1.97. The molecule has 1 saturated heterocycles. The average molecular weight is 407 g/mol. The number of nitrogens with zero attached hydrogens (tertiary/aromatic N) is 1. The van der Waals surface area contributed by atoms with Crippen molar-refractivity contribution in [3.8, 4) is 0 Å². The van der Waals surface area contributed by atoms with Crippen molar-refractivity contribution in [3.05, 3.63) is 12.3 Å². The number of carbonyl (C=O) groups excluding carboxylic acids is 2. The lowest BCUT2D eigenvalue weighted by Gasteiger charge is -2.35. The molecule has 27 heavy (non-hydrogen) atoms. The largest absolute Gasteiger partial charge is 0.472 e. The summed E-state index contributed by atoms with van der Waals surface area (Å²) < 4.78 is 32.2. The number of aliphatic hydroxyl groups excluding tert-OH is 1. The molecule has 2 N–H and O–H groups in total. The van der Waals surface area contributed by atoms with Crippen LogP contribution in [0.15, 0.2) is 12.3 Å². The topological polar surface area (TPSA) is 132 Å². The molecule has 10 nitrogen and oxygen atoms in total. The molecular formula is C16H26NO9P. The minimum Gasteiger partial charge on any atom is -0.390 e. The van der Waals surface area contributed by atoms with Gasteiger partial charge in [-0.2, -0.15) is 0 Å². The van der Waals surface area contributed by atoms with E-state index in [2.05, 4.69) is 0 Å². The van der Waals surface area contributed by atoms with Gasteiger partial charge >= 0.3 is 7.82 Å². The van der Waals surface area contributed by atoms with E-state index in [1.807, 2.05) is 0 Å². The molecule has 11 heteroatoms. The first-order chi connectivity index (χ1) is 12.6. The maximum atomic E-state index is 12.1. The number of phosphoric acid groups is 1. The molecule has 2 heterocycles. The van der Waals surface area contributed by atoms with Gasteiger partial charge < -0.3 is 19.5 Å². The molecule has 0 bridgehead atoms. The Bertz CT molecular complexity index is 635. The van der Waals surface area contributed by atoms with Gasteiger partial charge in [0.1, 0.15) is 12.3 Å². The highest BCUT2D eigenvalue weighted by Gasteiger charge is 2.53. The van der Waals surface area contributed by atoms with E-state index >= 15 is 0 Å². The van der Waals surface area contributed by atoms with Gasteiger partial charge in [0.05, 0.1) is 25.7 Å². The summed E-state index contributed by atoms with van der Waals surface area (Å²) in [5.74, 6) is -0.747. The van der Waals surface area contributed by atoms with Crippen LogP contribution in [-0.4, -0.2) is 72.0 Å².